The molecular formula is C14H17N5O6. The van der Waals surface area contributed by atoms with E-state index >= 15 is 0 Å². The van der Waals surface area contributed by atoms with Gasteiger partial charge in [-0.05, 0) is 0 Å². The second kappa shape index (κ2) is 6.61. The second-order valence-corrected chi connectivity index (χ2v) is 5.48. The molecule has 0 saturated carbocycles. The topological polar surface area (TPSA) is 152 Å². The van der Waals surface area contributed by atoms with E-state index in [-0.39, 0.29) is 5.82 Å². The Morgan fingerprint density at radius 2 is 1.92 bits per heavy atom. The minimum atomic E-state index is -0.993. The number of esters is 2. The number of nitrogens with two attached hydrogens (primary N) is 1. The van der Waals surface area contributed by atoms with Gasteiger partial charge in [0.1, 0.15) is 17.9 Å². The van der Waals surface area contributed by atoms with Crippen LogP contribution < -0.4 is 5.73 Å². The van der Waals surface area contributed by atoms with Gasteiger partial charge < -0.3 is 25.1 Å². The number of nitrogen functional groups attached to an aromatic ring is 1. The van der Waals surface area contributed by atoms with E-state index in [9.17, 15) is 14.7 Å². The highest BCUT2D eigenvalue weighted by atomic mass is 16.6. The summed E-state index contributed by atoms with van der Waals surface area (Å²) >= 11 is 0. The summed E-state index contributed by atoms with van der Waals surface area (Å²) in [5, 5.41) is 9.55. The molecule has 4 atom stereocenters. The number of aromatic nitrogens is 4. The Labute approximate surface area is 141 Å². The summed E-state index contributed by atoms with van der Waals surface area (Å²) in [6.45, 7) is 2.00. The number of aliphatic hydroxyl groups excluding tert-OH is 1. The number of anilines is 1. The number of hydrogen-bond donors (Lipinski definition) is 2. The van der Waals surface area contributed by atoms with Crippen molar-refractivity contribution in [2.24, 2.45) is 0 Å². The van der Waals surface area contributed by atoms with Gasteiger partial charge >= 0.3 is 11.9 Å². The molecule has 1 aliphatic rings. The minimum Gasteiger partial charge on any atom is -0.456 e. The molecule has 1 saturated heterocycles. The number of carbonyl (C=O) groups is 2. The fourth-order valence-electron chi connectivity index (χ4n) is 2.79. The van der Waals surface area contributed by atoms with Gasteiger partial charge in [-0.2, -0.15) is 0 Å². The molecule has 11 heteroatoms. The number of ether oxygens (including phenoxy) is 3. The predicted molar refractivity (Wildman–Crippen MR) is 81.8 cm³/mol. The zero-order valence-electron chi connectivity index (χ0n) is 13.5. The molecule has 0 bridgehead atoms. The van der Waals surface area contributed by atoms with Crippen LogP contribution in [0.2, 0.25) is 0 Å². The van der Waals surface area contributed by atoms with Crippen LogP contribution >= 0.6 is 0 Å². The van der Waals surface area contributed by atoms with Crippen molar-refractivity contribution < 1.29 is 28.9 Å². The molecule has 0 amide bonds. The first-order valence-electron chi connectivity index (χ1n) is 7.46. The average molecular weight is 351 g/mol. The fourth-order valence-corrected chi connectivity index (χ4v) is 2.79. The van der Waals surface area contributed by atoms with Gasteiger partial charge in [0.25, 0.3) is 0 Å². The van der Waals surface area contributed by atoms with Crippen LogP contribution in [0.15, 0.2) is 12.7 Å². The molecule has 0 aromatic carbocycles. The van der Waals surface area contributed by atoms with Crippen LogP contribution in [-0.4, -0.2) is 61.5 Å². The van der Waals surface area contributed by atoms with Gasteiger partial charge in [-0.15, -0.1) is 0 Å². The monoisotopic (exact) mass is 351 g/mol. The van der Waals surface area contributed by atoms with Gasteiger partial charge in [-0.3, -0.25) is 14.2 Å². The van der Waals surface area contributed by atoms with E-state index in [1.165, 1.54) is 31.1 Å². The molecule has 3 rings (SSSR count). The SMILES string of the molecule is CC(=O)O[C@@H]1[C@@H](OC(C)=O)[C@@H](CO)O[C@H]1n1cnc2c(N)ncnc21. The number of rotatable bonds is 4. The lowest BCUT2D eigenvalue weighted by atomic mass is 10.1. The second-order valence-electron chi connectivity index (χ2n) is 5.48. The fraction of sp³-hybridized carbons (Fsp3) is 0.500. The quantitative estimate of drug-likeness (QED) is 0.667. The molecule has 11 nitrogen and oxygen atoms in total. The third kappa shape index (κ3) is 3.10. The Bertz CT molecular complexity index is 808. The van der Waals surface area contributed by atoms with Crippen molar-refractivity contribution in [2.75, 3.05) is 12.3 Å². The summed E-state index contributed by atoms with van der Waals surface area (Å²) < 4.78 is 17.7. The zero-order valence-corrected chi connectivity index (χ0v) is 13.5. The molecule has 2 aromatic rings. The largest absolute Gasteiger partial charge is 0.456 e. The van der Waals surface area contributed by atoms with Crippen LogP contribution in [0.1, 0.15) is 20.1 Å². The first kappa shape index (κ1) is 17.0. The molecule has 3 N–H and O–H groups in total. The number of nitrogens with zero attached hydrogens (tertiary/aromatic N) is 4. The Hall–Kier alpha value is -2.79. The van der Waals surface area contributed by atoms with Crippen LogP contribution in [0.4, 0.5) is 5.82 Å². The van der Waals surface area contributed by atoms with E-state index in [1.807, 2.05) is 0 Å². The zero-order chi connectivity index (χ0) is 18.1. The average Bonchev–Trinajstić information content (AvgIpc) is 3.10. The summed E-state index contributed by atoms with van der Waals surface area (Å²) in [5.74, 6) is -0.999. The first-order chi connectivity index (χ1) is 11.9. The van der Waals surface area contributed by atoms with Crippen LogP contribution in [0, 0.1) is 0 Å². The highest BCUT2D eigenvalue weighted by molar-refractivity contribution is 5.81. The Morgan fingerprint density at radius 3 is 2.56 bits per heavy atom. The van der Waals surface area contributed by atoms with Crippen molar-refractivity contribution in [1.29, 1.82) is 0 Å². The van der Waals surface area contributed by atoms with Gasteiger partial charge in [-0.25, -0.2) is 15.0 Å². The van der Waals surface area contributed by atoms with Crippen molar-refractivity contribution in [1.82, 2.24) is 19.5 Å². The van der Waals surface area contributed by atoms with E-state index in [4.69, 9.17) is 19.9 Å². The summed E-state index contributed by atoms with van der Waals surface area (Å²) in [7, 11) is 0. The maximum Gasteiger partial charge on any atom is 0.303 e. The third-order valence-corrected chi connectivity index (χ3v) is 3.73. The first-order valence-corrected chi connectivity index (χ1v) is 7.46. The highest BCUT2D eigenvalue weighted by Crippen LogP contribution is 2.35. The van der Waals surface area contributed by atoms with Crippen molar-refractivity contribution >= 4 is 28.9 Å². The lowest BCUT2D eigenvalue weighted by molar-refractivity contribution is -0.165. The Kier molecular flexibility index (Phi) is 4.51. The maximum atomic E-state index is 11.5. The van der Waals surface area contributed by atoms with Crippen molar-refractivity contribution in [3.63, 3.8) is 0 Å². The molecule has 0 radical (unpaired) electrons. The number of carbonyl (C=O) groups excluding carboxylic acids is 2. The molecule has 1 fully saturated rings. The van der Waals surface area contributed by atoms with Crippen LogP contribution in [0.5, 0.6) is 0 Å². The van der Waals surface area contributed by atoms with Crippen LogP contribution in [0.25, 0.3) is 11.2 Å². The summed E-state index contributed by atoms with van der Waals surface area (Å²) in [5.41, 5.74) is 6.48. The molecule has 0 spiro atoms. The van der Waals surface area contributed by atoms with Crippen LogP contribution in [-0.2, 0) is 23.8 Å². The molecule has 0 aliphatic carbocycles. The molecule has 2 aromatic heterocycles. The Morgan fingerprint density at radius 1 is 1.24 bits per heavy atom. The van der Waals surface area contributed by atoms with E-state index < -0.39 is 43.1 Å². The van der Waals surface area contributed by atoms with Gasteiger partial charge in [-0.1, -0.05) is 0 Å². The van der Waals surface area contributed by atoms with Crippen molar-refractivity contribution in [2.45, 2.75) is 38.4 Å². The lowest BCUT2D eigenvalue weighted by Gasteiger charge is -2.23. The smallest absolute Gasteiger partial charge is 0.303 e. The van der Waals surface area contributed by atoms with Gasteiger partial charge in [0.2, 0.25) is 0 Å². The van der Waals surface area contributed by atoms with Crippen molar-refractivity contribution in [3.8, 4) is 0 Å². The minimum absolute atomic E-state index is 0.182. The standard InChI is InChI=1S/C14H17N5O6/c1-6(21)23-10-8(3-20)25-14(11(10)24-7(2)22)19-5-18-9-12(15)16-4-17-13(9)19/h4-5,8,10-11,14,20H,3H2,1-2H3,(H2,15,16,17)/t8-,10+,11-,14-/m1/s1. The normalized spacial score (nSPS) is 25.9. The van der Waals surface area contributed by atoms with E-state index in [0.717, 1.165) is 0 Å². The number of fused-ring (bicyclic) bond motifs is 1. The molecule has 134 valence electrons. The van der Waals surface area contributed by atoms with Gasteiger partial charge in [0.05, 0.1) is 12.9 Å². The molecule has 1 aliphatic heterocycles. The van der Waals surface area contributed by atoms with E-state index in [0.29, 0.717) is 11.2 Å². The number of aliphatic hydroxyl groups is 1. The van der Waals surface area contributed by atoms with E-state index in [1.54, 1.807) is 0 Å². The van der Waals surface area contributed by atoms with Gasteiger partial charge in [0, 0.05) is 13.8 Å². The molecule has 25 heavy (non-hydrogen) atoms. The summed E-state index contributed by atoms with van der Waals surface area (Å²) in [6.07, 6.45) is -1.10. The van der Waals surface area contributed by atoms with E-state index in [2.05, 4.69) is 15.0 Å². The Balaban J connectivity index is 2.04. The third-order valence-electron chi connectivity index (χ3n) is 3.73. The van der Waals surface area contributed by atoms with Gasteiger partial charge in [0.15, 0.2) is 29.9 Å². The summed E-state index contributed by atoms with van der Waals surface area (Å²) in [6, 6.07) is 0. The van der Waals surface area contributed by atoms with Crippen molar-refractivity contribution in [3.05, 3.63) is 12.7 Å². The number of hydrogen-bond acceptors (Lipinski definition) is 10. The lowest BCUT2D eigenvalue weighted by Crippen LogP contribution is -2.40. The summed E-state index contributed by atoms with van der Waals surface area (Å²) in [4.78, 5) is 35.0. The van der Waals surface area contributed by atoms with Crippen LogP contribution in [0.3, 0.4) is 0 Å². The number of imidazole rings is 1. The molecular weight excluding hydrogens is 334 g/mol. The molecule has 0 unspecified atom stereocenters. The molecule has 3 heterocycles. The highest BCUT2D eigenvalue weighted by Gasteiger charge is 2.50. The maximum absolute atomic E-state index is 11.5. The predicted octanol–water partition coefficient (Wildman–Crippen LogP) is -0.838.